The van der Waals surface area contributed by atoms with Crippen LogP contribution in [0.25, 0.3) is 0 Å². The van der Waals surface area contributed by atoms with Gasteiger partial charge in [0.2, 0.25) is 5.91 Å². The fraction of sp³-hybridized carbons (Fsp3) is 0.533. The van der Waals surface area contributed by atoms with Crippen LogP contribution in [-0.4, -0.2) is 11.0 Å². The molecule has 0 unspecified atom stereocenters. The van der Waals surface area contributed by atoms with Crippen molar-refractivity contribution in [3.8, 4) is 5.75 Å². The number of hydrogen-bond donors (Lipinski definition) is 3. The van der Waals surface area contributed by atoms with Gasteiger partial charge in [-0.3, -0.25) is 4.79 Å². The summed E-state index contributed by atoms with van der Waals surface area (Å²) in [4.78, 5) is 11.9. The lowest BCUT2D eigenvalue weighted by molar-refractivity contribution is -0.116. The predicted molar refractivity (Wildman–Crippen MR) is 77.0 cm³/mol. The average Bonchev–Trinajstić information content (AvgIpc) is 2.41. The topological polar surface area (TPSA) is 75.3 Å². The number of amides is 1. The van der Waals surface area contributed by atoms with Crippen LogP contribution in [0.2, 0.25) is 0 Å². The second-order valence-electron chi connectivity index (χ2n) is 5.36. The number of phenols is 1. The van der Waals surface area contributed by atoms with E-state index >= 15 is 0 Å². The van der Waals surface area contributed by atoms with Crippen molar-refractivity contribution < 1.29 is 9.90 Å². The minimum absolute atomic E-state index is 0.00274. The molecule has 0 aromatic heterocycles. The van der Waals surface area contributed by atoms with Crippen LogP contribution in [0.15, 0.2) is 18.2 Å². The number of nitrogen functional groups attached to an aromatic ring is 1. The maximum Gasteiger partial charge on any atom is 0.224 e. The fourth-order valence-corrected chi connectivity index (χ4v) is 2.69. The molecule has 0 saturated heterocycles. The lowest BCUT2D eigenvalue weighted by Crippen LogP contribution is -2.15. The van der Waals surface area contributed by atoms with Gasteiger partial charge in [-0.25, -0.2) is 0 Å². The van der Waals surface area contributed by atoms with Gasteiger partial charge in [-0.2, -0.15) is 0 Å². The van der Waals surface area contributed by atoms with E-state index in [9.17, 15) is 9.90 Å². The average molecular weight is 262 g/mol. The van der Waals surface area contributed by atoms with Crippen molar-refractivity contribution >= 4 is 17.3 Å². The van der Waals surface area contributed by atoms with Crippen LogP contribution in [-0.2, 0) is 4.79 Å². The summed E-state index contributed by atoms with van der Waals surface area (Å²) in [5.74, 6) is 0.817. The van der Waals surface area contributed by atoms with Crippen LogP contribution < -0.4 is 11.1 Å². The van der Waals surface area contributed by atoms with Gasteiger partial charge in [-0.15, -0.1) is 0 Å². The molecule has 0 atom stereocenters. The number of carbonyl (C=O) groups is 1. The van der Waals surface area contributed by atoms with Crippen molar-refractivity contribution in [2.24, 2.45) is 5.92 Å². The zero-order valence-electron chi connectivity index (χ0n) is 11.2. The predicted octanol–water partition coefficient (Wildman–Crippen LogP) is 3.27. The molecule has 0 radical (unpaired) electrons. The monoisotopic (exact) mass is 262 g/mol. The third-order valence-electron chi connectivity index (χ3n) is 3.81. The van der Waals surface area contributed by atoms with Crippen LogP contribution >= 0.6 is 0 Å². The molecule has 1 amide bonds. The molecular formula is C15H22N2O2. The van der Waals surface area contributed by atoms with Gasteiger partial charge >= 0.3 is 0 Å². The van der Waals surface area contributed by atoms with Crippen LogP contribution in [0.4, 0.5) is 11.4 Å². The molecule has 1 aliphatic carbocycles. The molecule has 19 heavy (non-hydrogen) atoms. The number of nitrogens with one attached hydrogen (secondary N) is 1. The second kappa shape index (κ2) is 6.45. The number of rotatable bonds is 4. The van der Waals surface area contributed by atoms with E-state index in [2.05, 4.69) is 5.32 Å². The quantitative estimate of drug-likeness (QED) is 0.576. The molecule has 1 aliphatic rings. The van der Waals surface area contributed by atoms with E-state index in [1.807, 2.05) is 0 Å². The number of carbonyl (C=O) groups excluding carboxylic acids is 1. The van der Waals surface area contributed by atoms with E-state index in [0.29, 0.717) is 23.7 Å². The summed E-state index contributed by atoms with van der Waals surface area (Å²) < 4.78 is 0. The second-order valence-corrected chi connectivity index (χ2v) is 5.36. The van der Waals surface area contributed by atoms with Crippen LogP contribution in [0.5, 0.6) is 5.75 Å². The third kappa shape index (κ3) is 4.16. The molecule has 1 aromatic rings. The summed E-state index contributed by atoms with van der Waals surface area (Å²) in [6.07, 6.45) is 7.97. The number of aromatic hydroxyl groups is 1. The maximum absolute atomic E-state index is 11.9. The highest BCUT2D eigenvalue weighted by molar-refractivity contribution is 5.93. The zero-order chi connectivity index (χ0) is 13.7. The first kappa shape index (κ1) is 13.7. The molecular weight excluding hydrogens is 240 g/mol. The maximum atomic E-state index is 11.9. The van der Waals surface area contributed by atoms with Gasteiger partial charge in [-0.1, -0.05) is 32.1 Å². The smallest absolute Gasteiger partial charge is 0.224 e. The van der Waals surface area contributed by atoms with Crippen molar-refractivity contribution in [2.75, 3.05) is 11.1 Å². The summed E-state index contributed by atoms with van der Waals surface area (Å²) >= 11 is 0. The summed E-state index contributed by atoms with van der Waals surface area (Å²) in [7, 11) is 0. The van der Waals surface area contributed by atoms with E-state index < -0.39 is 0 Å². The highest BCUT2D eigenvalue weighted by Crippen LogP contribution is 2.28. The van der Waals surface area contributed by atoms with E-state index in [-0.39, 0.29) is 11.7 Å². The molecule has 0 heterocycles. The Bertz CT molecular complexity index is 440. The molecule has 1 fully saturated rings. The number of hydrogen-bond acceptors (Lipinski definition) is 3. The summed E-state index contributed by atoms with van der Waals surface area (Å²) in [5.41, 5.74) is 6.70. The van der Waals surface area contributed by atoms with Crippen LogP contribution in [0, 0.1) is 5.92 Å². The number of benzene rings is 1. The van der Waals surface area contributed by atoms with E-state index in [1.54, 1.807) is 6.07 Å². The molecule has 4 heteroatoms. The Morgan fingerprint density at radius 3 is 2.74 bits per heavy atom. The van der Waals surface area contributed by atoms with E-state index in [4.69, 9.17) is 5.73 Å². The van der Waals surface area contributed by atoms with Gasteiger partial charge in [0.25, 0.3) is 0 Å². The molecule has 0 bridgehead atoms. The lowest BCUT2D eigenvalue weighted by Gasteiger charge is -2.21. The molecule has 104 valence electrons. The molecule has 1 aromatic carbocycles. The number of phenolic OH excluding ortho intramolecular Hbond substituents is 1. The van der Waals surface area contributed by atoms with Gasteiger partial charge in [0.1, 0.15) is 5.75 Å². The standard InChI is InChI=1S/C15H22N2O2/c16-13-10-12(18)7-8-14(13)17-15(19)9-6-11-4-2-1-3-5-11/h7-8,10-11,18H,1-6,9,16H2,(H,17,19). The van der Waals surface area contributed by atoms with Gasteiger partial charge < -0.3 is 16.2 Å². The fourth-order valence-electron chi connectivity index (χ4n) is 2.69. The normalized spacial score (nSPS) is 16.2. The molecule has 1 saturated carbocycles. The Labute approximate surface area is 114 Å². The highest BCUT2D eigenvalue weighted by Gasteiger charge is 2.15. The Balaban J connectivity index is 1.80. The van der Waals surface area contributed by atoms with Crippen molar-refractivity contribution in [1.82, 2.24) is 0 Å². The number of nitrogens with two attached hydrogens (primary N) is 1. The molecule has 0 aliphatic heterocycles. The van der Waals surface area contributed by atoms with Gasteiger partial charge in [0, 0.05) is 12.5 Å². The van der Waals surface area contributed by atoms with E-state index in [1.165, 1.54) is 44.2 Å². The zero-order valence-corrected chi connectivity index (χ0v) is 11.2. The minimum Gasteiger partial charge on any atom is -0.508 e. The number of anilines is 2. The largest absolute Gasteiger partial charge is 0.508 e. The third-order valence-corrected chi connectivity index (χ3v) is 3.81. The molecule has 4 N–H and O–H groups in total. The molecule has 0 spiro atoms. The van der Waals surface area contributed by atoms with E-state index in [0.717, 1.165) is 6.42 Å². The molecule has 4 nitrogen and oxygen atoms in total. The van der Waals surface area contributed by atoms with Crippen LogP contribution in [0.1, 0.15) is 44.9 Å². The minimum atomic E-state index is 0.00274. The Morgan fingerprint density at radius 2 is 2.05 bits per heavy atom. The van der Waals surface area contributed by atoms with Crippen molar-refractivity contribution in [2.45, 2.75) is 44.9 Å². The Hall–Kier alpha value is -1.71. The van der Waals surface area contributed by atoms with Crippen molar-refractivity contribution in [3.05, 3.63) is 18.2 Å². The summed E-state index contributed by atoms with van der Waals surface area (Å²) in [6.45, 7) is 0. The molecule has 2 rings (SSSR count). The first-order valence-electron chi connectivity index (χ1n) is 7.03. The lowest BCUT2D eigenvalue weighted by atomic mass is 9.86. The SMILES string of the molecule is Nc1cc(O)ccc1NC(=O)CCC1CCCCC1. The van der Waals surface area contributed by atoms with Gasteiger partial charge in [0.05, 0.1) is 11.4 Å². The van der Waals surface area contributed by atoms with Crippen molar-refractivity contribution in [1.29, 1.82) is 0 Å². The Kier molecular flexibility index (Phi) is 4.66. The first-order valence-corrected chi connectivity index (χ1v) is 7.03. The summed E-state index contributed by atoms with van der Waals surface area (Å²) in [6, 6.07) is 4.59. The van der Waals surface area contributed by atoms with Crippen molar-refractivity contribution in [3.63, 3.8) is 0 Å². The van der Waals surface area contributed by atoms with Crippen LogP contribution in [0.3, 0.4) is 0 Å². The highest BCUT2D eigenvalue weighted by atomic mass is 16.3. The van der Waals surface area contributed by atoms with Gasteiger partial charge in [0.15, 0.2) is 0 Å². The first-order chi connectivity index (χ1) is 9.15. The van der Waals surface area contributed by atoms with Gasteiger partial charge in [-0.05, 0) is 24.5 Å². The summed E-state index contributed by atoms with van der Waals surface area (Å²) in [5, 5.41) is 12.1. The Morgan fingerprint density at radius 1 is 1.32 bits per heavy atom.